The summed E-state index contributed by atoms with van der Waals surface area (Å²) in [6, 6.07) is 12.5. The van der Waals surface area contributed by atoms with Crippen molar-refractivity contribution in [2.24, 2.45) is 5.14 Å². The van der Waals surface area contributed by atoms with E-state index in [4.69, 9.17) is 39.6 Å². The Hall–Kier alpha value is -2.81. The number of pyridine rings is 1. The summed E-state index contributed by atoms with van der Waals surface area (Å²) in [5.74, 6) is -0.0736. The predicted octanol–water partition coefficient (Wildman–Crippen LogP) is 5.06. The maximum atomic E-state index is 12.4. The largest absolute Gasteiger partial charge is 0.483 e. The van der Waals surface area contributed by atoms with Crippen LogP contribution in [0, 0.1) is 13.5 Å². The molecule has 0 fully saturated rings. The first-order chi connectivity index (χ1) is 15.5. The number of hydrogen-bond donors (Lipinski definition) is 2. The molecule has 0 aliphatic carbocycles. The first kappa shape index (κ1) is 24.8. The molecule has 12 heteroatoms. The topological polar surface area (TPSA) is 116 Å². The third-order valence-corrected chi connectivity index (χ3v) is 6.38. The van der Waals surface area contributed by atoms with E-state index in [1.54, 1.807) is 43.3 Å². The molecule has 8 nitrogen and oxygen atoms in total. The average Bonchev–Trinajstić information content (AvgIpc) is 2.73. The molecule has 0 saturated heterocycles. The second kappa shape index (κ2) is 10.4. The highest BCUT2D eigenvalue weighted by molar-refractivity contribution is 7.99. The Morgan fingerprint density at radius 2 is 1.94 bits per heavy atom. The van der Waals surface area contributed by atoms with Gasteiger partial charge in [0.1, 0.15) is 5.75 Å². The van der Waals surface area contributed by atoms with Crippen LogP contribution in [0.2, 0.25) is 10.0 Å². The molecule has 3 rings (SSSR count). The molecule has 0 unspecified atom stereocenters. The highest BCUT2D eigenvalue weighted by atomic mass is 35.5. The molecule has 33 heavy (non-hydrogen) atoms. The summed E-state index contributed by atoms with van der Waals surface area (Å²) in [6.45, 7) is 8.40. The molecule has 3 N–H and O–H groups in total. The number of aromatic nitrogens is 1. The maximum absolute atomic E-state index is 12.4. The van der Waals surface area contributed by atoms with Crippen molar-refractivity contribution >= 4 is 62.3 Å². The van der Waals surface area contributed by atoms with Crippen LogP contribution in [0.25, 0.3) is 4.85 Å². The number of hydrogen-bond acceptors (Lipinski definition) is 6. The molecular formula is C21H16Cl2N4O4S2. The van der Waals surface area contributed by atoms with Gasteiger partial charge in [0.15, 0.2) is 17.3 Å². The number of sulfonamides is 1. The van der Waals surface area contributed by atoms with Gasteiger partial charge < -0.3 is 10.1 Å². The number of carbonyl (C=O) groups excluding carboxylic acids is 1. The molecule has 0 aliphatic heterocycles. The number of nitrogens with two attached hydrogens (primary N) is 1. The number of amides is 1. The van der Waals surface area contributed by atoms with Gasteiger partial charge in [-0.2, -0.15) is 0 Å². The predicted molar refractivity (Wildman–Crippen MR) is 128 cm³/mol. The second-order valence-corrected chi connectivity index (χ2v) is 10.1. The van der Waals surface area contributed by atoms with Crippen LogP contribution in [0.5, 0.6) is 5.75 Å². The van der Waals surface area contributed by atoms with Crippen LogP contribution >= 0.6 is 35.0 Å². The van der Waals surface area contributed by atoms with E-state index < -0.39 is 15.9 Å². The van der Waals surface area contributed by atoms with Gasteiger partial charge in [-0.05, 0) is 55.5 Å². The lowest BCUT2D eigenvalue weighted by molar-refractivity contribution is -0.118. The molecule has 1 aromatic heterocycles. The number of ether oxygens (including phenoxy) is 1. The second-order valence-electron chi connectivity index (χ2n) is 6.61. The van der Waals surface area contributed by atoms with Crippen molar-refractivity contribution in [2.75, 3.05) is 11.9 Å². The zero-order chi connectivity index (χ0) is 24.2. The minimum atomic E-state index is -3.94. The van der Waals surface area contributed by atoms with E-state index in [2.05, 4.69) is 15.1 Å². The zero-order valence-electron chi connectivity index (χ0n) is 17.0. The van der Waals surface area contributed by atoms with E-state index >= 15 is 0 Å². The first-order valence-corrected chi connectivity index (χ1v) is 12.3. The molecule has 0 aliphatic rings. The van der Waals surface area contributed by atoms with Crippen molar-refractivity contribution in [3.05, 3.63) is 75.7 Å². The van der Waals surface area contributed by atoms with Crippen LogP contribution in [0.3, 0.4) is 0 Å². The quantitative estimate of drug-likeness (QED) is 0.418. The van der Waals surface area contributed by atoms with Gasteiger partial charge in [0.05, 0.1) is 22.8 Å². The summed E-state index contributed by atoms with van der Waals surface area (Å²) < 4.78 is 28.5. The Kier molecular flexibility index (Phi) is 7.84. The summed E-state index contributed by atoms with van der Waals surface area (Å²) >= 11 is 13.5. The van der Waals surface area contributed by atoms with Gasteiger partial charge in [-0.25, -0.2) is 23.4 Å². The SMILES string of the molecule is [C-]#[N+]c1cc(Cl)cc(Sc2cc(Cl)ccc2OCC(=O)Nc2ccc(S(N)(=O)=O)nc2C)c1. The van der Waals surface area contributed by atoms with Crippen molar-refractivity contribution in [1.82, 2.24) is 4.98 Å². The fourth-order valence-electron chi connectivity index (χ4n) is 2.64. The van der Waals surface area contributed by atoms with Crippen LogP contribution in [0.15, 0.2) is 63.3 Å². The van der Waals surface area contributed by atoms with Gasteiger partial charge in [-0.1, -0.05) is 35.0 Å². The summed E-state index contributed by atoms with van der Waals surface area (Å²) in [5.41, 5.74) is 1.01. The molecule has 170 valence electrons. The van der Waals surface area contributed by atoms with Gasteiger partial charge in [0, 0.05) is 14.9 Å². The first-order valence-electron chi connectivity index (χ1n) is 9.14. The van der Waals surface area contributed by atoms with Crippen LogP contribution in [-0.4, -0.2) is 25.9 Å². The fourth-order valence-corrected chi connectivity index (χ4v) is 4.72. The molecule has 1 heterocycles. The molecule has 0 radical (unpaired) electrons. The Morgan fingerprint density at radius 3 is 2.61 bits per heavy atom. The van der Waals surface area contributed by atoms with Crippen LogP contribution in [0.4, 0.5) is 11.4 Å². The van der Waals surface area contributed by atoms with E-state index in [0.29, 0.717) is 37.0 Å². The van der Waals surface area contributed by atoms with Crippen molar-refractivity contribution in [2.45, 2.75) is 21.7 Å². The Morgan fingerprint density at radius 1 is 1.18 bits per heavy atom. The molecule has 1 amide bonds. The Balaban J connectivity index is 1.72. The van der Waals surface area contributed by atoms with Gasteiger partial charge in [-0.3, -0.25) is 4.79 Å². The number of rotatable bonds is 7. The fraction of sp³-hybridized carbons (Fsp3) is 0.0952. The van der Waals surface area contributed by atoms with E-state index in [0.717, 1.165) is 0 Å². The maximum Gasteiger partial charge on any atom is 0.262 e. The number of carbonyl (C=O) groups is 1. The molecule has 0 bridgehead atoms. The third kappa shape index (κ3) is 6.83. The number of primary sulfonamides is 1. The number of aryl methyl sites for hydroxylation is 1. The number of benzene rings is 2. The standard InChI is InChI=1S/C21H16Cl2N4O4S2/c1-12-17(4-6-21(26-12)33(24,29)30)27-20(28)11-31-18-5-3-13(22)9-19(18)32-16-8-14(23)7-15(10-16)25-2/h3-10H,11H2,1H3,(H,27,28)(H2,24,29,30). The highest BCUT2D eigenvalue weighted by Crippen LogP contribution is 2.39. The van der Waals surface area contributed by atoms with E-state index in [1.165, 1.54) is 23.9 Å². The van der Waals surface area contributed by atoms with Crippen molar-refractivity contribution in [1.29, 1.82) is 0 Å². The highest BCUT2D eigenvalue weighted by Gasteiger charge is 2.14. The van der Waals surface area contributed by atoms with Gasteiger partial charge >= 0.3 is 0 Å². The number of anilines is 1. The van der Waals surface area contributed by atoms with Crippen LogP contribution < -0.4 is 15.2 Å². The van der Waals surface area contributed by atoms with Crippen molar-refractivity contribution in [3.63, 3.8) is 0 Å². The monoisotopic (exact) mass is 522 g/mol. The third-order valence-electron chi connectivity index (χ3n) is 4.10. The lowest BCUT2D eigenvalue weighted by Crippen LogP contribution is -2.21. The summed E-state index contributed by atoms with van der Waals surface area (Å²) in [4.78, 5) is 21.0. The molecule has 0 saturated carbocycles. The average molecular weight is 523 g/mol. The van der Waals surface area contributed by atoms with Gasteiger partial charge in [0.25, 0.3) is 15.9 Å². The van der Waals surface area contributed by atoms with E-state index in [-0.39, 0.29) is 17.3 Å². The lowest BCUT2D eigenvalue weighted by atomic mass is 10.3. The van der Waals surface area contributed by atoms with Gasteiger partial charge in [0.2, 0.25) is 0 Å². The minimum Gasteiger partial charge on any atom is -0.483 e. The molecule has 3 aromatic rings. The number of nitrogens with zero attached hydrogens (tertiary/aromatic N) is 2. The minimum absolute atomic E-state index is 0.286. The normalized spacial score (nSPS) is 11.0. The molecular weight excluding hydrogens is 507 g/mol. The summed E-state index contributed by atoms with van der Waals surface area (Å²) in [6.07, 6.45) is 0. The van der Waals surface area contributed by atoms with Gasteiger partial charge in [-0.15, -0.1) is 0 Å². The molecule has 2 aromatic carbocycles. The molecule has 0 atom stereocenters. The Labute approximate surface area is 204 Å². The van der Waals surface area contributed by atoms with Crippen LogP contribution in [0.1, 0.15) is 5.69 Å². The summed E-state index contributed by atoms with van der Waals surface area (Å²) in [7, 11) is -3.94. The van der Waals surface area contributed by atoms with Crippen LogP contribution in [-0.2, 0) is 14.8 Å². The molecule has 0 spiro atoms. The zero-order valence-corrected chi connectivity index (χ0v) is 20.1. The number of nitrogens with one attached hydrogen (secondary N) is 1. The summed E-state index contributed by atoms with van der Waals surface area (Å²) in [5, 5.41) is 8.28. The van der Waals surface area contributed by atoms with E-state index in [1.807, 2.05) is 0 Å². The van der Waals surface area contributed by atoms with Crippen molar-refractivity contribution in [3.8, 4) is 5.75 Å². The Bertz CT molecular complexity index is 1380. The van der Waals surface area contributed by atoms with Crippen molar-refractivity contribution < 1.29 is 17.9 Å². The van der Waals surface area contributed by atoms with E-state index in [9.17, 15) is 13.2 Å². The number of halogens is 2. The smallest absolute Gasteiger partial charge is 0.262 e. The lowest BCUT2D eigenvalue weighted by Gasteiger charge is -2.13.